The van der Waals surface area contributed by atoms with Crippen LogP contribution in [0.3, 0.4) is 0 Å². The molecule has 23 heavy (non-hydrogen) atoms. The molecule has 1 fully saturated rings. The van der Waals surface area contributed by atoms with E-state index in [-0.39, 0.29) is 5.95 Å². The van der Waals surface area contributed by atoms with E-state index in [0.29, 0.717) is 20.9 Å². The molecule has 1 aliphatic rings. The van der Waals surface area contributed by atoms with Gasteiger partial charge in [-0.3, -0.25) is 4.57 Å². The number of aromatic nitrogens is 5. The summed E-state index contributed by atoms with van der Waals surface area (Å²) in [6.07, 6.45) is 4.78. The first-order valence-corrected chi connectivity index (χ1v) is 7.46. The van der Waals surface area contributed by atoms with Crippen LogP contribution in [-0.4, -0.2) is 45.9 Å². The van der Waals surface area contributed by atoms with E-state index in [1.165, 1.54) is 12.4 Å². The Morgan fingerprint density at radius 1 is 1.30 bits per heavy atom. The fourth-order valence-electron chi connectivity index (χ4n) is 2.01. The second-order valence-electron chi connectivity index (χ2n) is 4.75. The van der Waals surface area contributed by atoms with Crippen molar-refractivity contribution in [2.24, 2.45) is 0 Å². The van der Waals surface area contributed by atoms with Gasteiger partial charge in [-0.25, -0.2) is 9.97 Å². The van der Waals surface area contributed by atoms with Crippen LogP contribution >= 0.6 is 11.6 Å². The van der Waals surface area contributed by atoms with Crippen molar-refractivity contribution in [3.63, 3.8) is 0 Å². The highest BCUT2D eigenvalue weighted by molar-refractivity contribution is 6.31. The Morgan fingerprint density at radius 2 is 2.13 bits per heavy atom. The van der Waals surface area contributed by atoms with Crippen LogP contribution in [0, 0.1) is 5.21 Å². The summed E-state index contributed by atoms with van der Waals surface area (Å²) in [7, 11) is 0. The highest BCUT2D eigenvalue weighted by Gasteiger charge is 2.12. The lowest BCUT2D eigenvalue weighted by atomic mass is 10.3. The third kappa shape index (κ3) is 3.92. The summed E-state index contributed by atoms with van der Waals surface area (Å²) in [6.45, 7) is 3.83. The highest BCUT2D eigenvalue weighted by Crippen LogP contribution is 2.14. The second kappa shape index (κ2) is 7.32. The fourth-order valence-corrected chi connectivity index (χ4v) is 2.18. The molecule has 0 saturated carbocycles. The van der Waals surface area contributed by atoms with Crippen LogP contribution in [-0.2, 0) is 4.74 Å². The zero-order chi connectivity index (χ0) is 16.1. The molecule has 0 unspecified atom stereocenters. The maximum atomic E-state index is 11.7. The molecule has 0 spiro atoms. The van der Waals surface area contributed by atoms with E-state index >= 15 is 0 Å². The molecule has 3 heterocycles. The number of fused-ring (bicyclic) bond motifs is 1. The van der Waals surface area contributed by atoms with Crippen molar-refractivity contribution >= 4 is 22.6 Å². The molecule has 120 valence electrons. The zero-order valence-corrected chi connectivity index (χ0v) is 13.0. The topological polar surface area (TPSA) is 91.8 Å². The predicted molar refractivity (Wildman–Crippen MR) is 84.3 cm³/mol. The zero-order valence-electron chi connectivity index (χ0n) is 12.2. The minimum atomic E-state index is 0.271. The Balaban J connectivity index is 0.000000220. The van der Waals surface area contributed by atoms with E-state index in [4.69, 9.17) is 16.3 Å². The summed E-state index contributed by atoms with van der Waals surface area (Å²) in [5.41, 5.74) is 0.865. The minimum absolute atomic E-state index is 0.271. The number of ether oxygens (including phenoxy) is 1. The molecule has 0 aliphatic carbocycles. The Morgan fingerprint density at radius 3 is 2.74 bits per heavy atom. The standard InChI is InChI=1S/C10H6ClN5O.C4H9NO/c11-7-1-2-8-9(5-7)16(17)14-10(13-8)15-4-3-12-6-15;1-3-6-4-2-5-1/h1-6H;5H,1-4H2. The van der Waals surface area contributed by atoms with Gasteiger partial charge in [-0.1, -0.05) is 11.6 Å². The van der Waals surface area contributed by atoms with E-state index in [2.05, 4.69) is 20.4 Å². The van der Waals surface area contributed by atoms with Gasteiger partial charge in [0.1, 0.15) is 11.8 Å². The summed E-state index contributed by atoms with van der Waals surface area (Å²) in [6, 6.07) is 4.88. The second-order valence-corrected chi connectivity index (χ2v) is 5.19. The number of rotatable bonds is 1. The number of hydrogen-bond donors (Lipinski definition) is 1. The van der Waals surface area contributed by atoms with Gasteiger partial charge in [0, 0.05) is 36.6 Å². The van der Waals surface area contributed by atoms with E-state index in [1.807, 2.05) is 0 Å². The van der Waals surface area contributed by atoms with Gasteiger partial charge in [-0.15, -0.1) is 0 Å². The summed E-state index contributed by atoms with van der Waals surface area (Å²) in [4.78, 5) is 8.63. The van der Waals surface area contributed by atoms with Crippen LogP contribution < -0.4 is 10.2 Å². The lowest BCUT2D eigenvalue weighted by Crippen LogP contribution is -2.34. The number of nitrogens with zero attached hydrogens (tertiary/aromatic N) is 5. The fraction of sp³-hybridized carbons (Fsp3) is 0.286. The van der Waals surface area contributed by atoms with Gasteiger partial charge in [-0.05, 0) is 17.0 Å². The largest absolute Gasteiger partial charge is 0.594 e. The molecule has 0 bridgehead atoms. The number of morpholine rings is 1. The number of nitrogens with one attached hydrogen (secondary N) is 1. The average molecular weight is 335 g/mol. The van der Waals surface area contributed by atoms with Crippen molar-refractivity contribution < 1.29 is 9.58 Å². The normalized spacial score (nSPS) is 14.3. The van der Waals surface area contributed by atoms with Crippen molar-refractivity contribution in [3.05, 3.63) is 47.1 Å². The van der Waals surface area contributed by atoms with Crippen LogP contribution in [0.1, 0.15) is 0 Å². The van der Waals surface area contributed by atoms with Crippen LogP contribution in [0.2, 0.25) is 5.02 Å². The molecule has 0 amide bonds. The summed E-state index contributed by atoms with van der Waals surface area (Å²) in [5.74, 6) is 0.271. The average Bonchev–Trinajstić information content (AvgIpc) is 3.12. The van der Waals surface area contributed by atoms with Crippen LogP contribution in [0.4, 0.5) is 0 Å². The summed E-state index contributed by atoms with van der Waals surface area (Å²) >= 11 is 5.81. The van der Waals surface area contributed by atoms with Gasteiger partial charge in [0.25, 0.3) is 5.52 Å². The Hall–Kier alpha value is -2.29. The lowest BCUT2D eigenvalue weighted by Gasteiger charge is -2.10. The molecule has 4 rings (SSSR count). The van der Waals surface area contributed by atoms with E-state index in [1.54, 1.807) is 29.1 Å². The number of halogens is 1. The third-order valence-corrected chi connectivity index (χ3v) is 3.36. The molecule has 1 aliphatic heterocycles. The molecule has 3 aromatic rings. The maximum Gasteiger partial charge on any atom is 0.302 e. The van der Waals surface area contributed by atoms with Crippen molar-refractivity contribution in [1.82, 2.24) is 25.0 Å². The predicted octanol–water partition coefficient (Wildman–Crippen LogP) is 0.709. The van der Waals surface area contributed by atoms with Gasteiger partial charge < -0.3 is 15.3 Å². The summed E-state index contributed by atoms with van der Waals surface area (Å²) in [5, 5.41) is 19.2. The number of imidazole rings is 1. The van der Waals surface area contributed by atoms with E-state index in [9.17, 15) is 5.21 Å². The quantitative estimate of drug-likeness (QED) is 0.520. The highest BCUT2D eigenvalue weighted by atomic mass is 35.5. The SMILES string of the molecule is C1COCCN1.[O-][n+]1nc(-n2ccnc2)nc2ccc(Cl)cc21. The van der Waals surface area contributed by atoms with Crippen molar-refractivity contribution in [1.29, 1.82) is 0 Å². The molecule has 8 nitrogen and oxygen atoms in total. The first-order valence-electron chi connectivity index (χ1n) is 7.08. The van der Waals surface area contributed by atoms with Crippen LogP contribution in [0.15, 0.2) is 36.9 Å². The monoisotopic (exact) mass is 334 g/mol. The lowest BCUT2D eigenvalue weighted by molar-refractivity contribution is -0.642. The Kier molecular flexibility index (Phi) is 4.96. The number of benzene rings is 1. The minimum Gasteiger partial charge on any atom is -0.594 e. The van der Waals surface area contributed by atoms with Crippen LogP contribution in [0.5, 0.6) is 0 Å². The van der Waals surface area contributed by atoms with Crippen molar-refractivity contribution in [2.75, 3.05) is 26.3 Å². The van der Waals surface area contributed by atoms with Gasteiger partial charge in [0.15, 0.2) is 0 Å². The Bertz CT molecular complexity index is 765. The first-order chi connectivity index (χ1) is 11.2. The molecule has 1 aromatic carbocycles. The molecule has 0 atom stereocenters. The van der Waals surface area contributed by atoms with E-state index in [0.717, 1.165) is 26.3 Å². The third-order valence-electron chi connectivity index (χ3n) is 3.13. The van der Waals surface area contributed by atoms with Gasteiger partial charge >= 0.3 is 5.95 Å². The molecule has 2 aromatic heterocycles. The van der Waals surface area contributed by atoms with Gasteiger partial charge in [0.05, 0.1) is 18.3 Å². The smallest absolute Gasteiger partial charge is 0.302 e. The molecule has 1 N–H and O–H groups in total. The van der Waals surface area contributed by atoms with Gasteiger partial charge in [-0.2, -0.15) is 0 Å². The maximum absolute atomic E-state index is 11.7. The van der Waals surface area contributed by atoms with Crippen molar-refractivity contribution in [2.45, 2.75) is 0 Å². The van der Waals surface area contributed by atoms with Crippen LogP contribution in [0.25, 0.3) is 17.0 Å². The van der Waals surface area contributed by atoms with E-state index < -0.39 is 0 Å². The first kappa shape index (κ1) is 15.6. The summed E-state index contributed by atoms with van der Waals surface area (Å²) < 4.78 is 6.56. The molecule has 1 saturated heterocycles. The molecular weight excluding hydrogens is 320 g/mol. The van der Waals surface area contributed by atoms with Gasteiger partial charge in [0.2, 0.25) is 0 Å². The van der Waals surface area contributed by atoms with Crippen molar-refractivity contribution in [3.8, 4) is 5.95 Å². The molecular formula is C14H15ClN6O2. The Labute approximate surface area is 137 Å². The molecule has 0 radical (unpaired) electrons. The molecule has 9 heteroatoms. The number of hydrogen-bond acceptors (Lipinski definition) is 6.